The number of hydrogen-bond donors (Lipinski definition) is 1. The average molecular weight is 317 g/mol. The van der Waals surface area contributed by atoms with Crippen LogP contribution in [0.2, 0.25) is 5.02 Å². The van der Waals surface area contributed by atoms with Gasteiger partial charge in [0.15, 0.2) is 0 Å². The number of nitrogens with two attached hydrogens (primary N) is 1. The summed E-state index contributed by atoms with van der Waals surface area (Å²) >= 11 is 6.07. The molecule has 0 radical (unpaired) electrons. The van der Waals surface area contributed by atoms with Gasteiger partial charge in [0.05, 0.1) is 0 Å². The lowest BCUT2D eigenvalue weighted by Gasteiger charge is -2.36. The predicted molar refractivity (Wildman–Crippen MR) is 89.9 cm³/mol. The molecule has 0 saturated carbocycles. The molecule has 3 atom stereocenters. The van der Waals surface area contributed by atoms with Gasteiger partial charge in [-0.15, -0.1) is 12.4 Å². The number of nitrogens with zero attached hydrogens (tertiary/aromatic N) is 1. The van der Waals surface area contributed by atoms with E-state index in [0.717, 1.165) is 18.1 Å². The standard InChI is InChI=1S/C16H25ClN2.ClH/c1-12(14-5-3-7-16(17)9-14)10-19-8-4-6-15(11-19)13(2)18;/h3,5,7,9,12-13,15H,4,6,8,10-11,18H2,1-2H3;1H. The normalized spacial score (nSPS) is 22.9. The third kappa shape index (κ3) is 4.92. The second-order valence-corrected chi connectivity index (χ2v) is 6.41. The van der Waals surface area contributed by atoms with Crippen LogP contribution >= 0.6 is 24.0 Å². The Morgan fingerprint density at radius 3 is 2.80 bits per heavy atom. The van der Waals surface area contributed by atoms with E-state index < -0.39 is 0 Å². The van der Waals surface area contributed by atoms with Gasteiger partial charge in [0.2, 0.25) is 0 Å². The van der Waals surface area contributed by atoms with E-state index in [2.05, 4.69) is 30.9 Å². The highest BCUT2D eigenvalue weighted by molar-refractivity contribution is 6.30. The minimum Gasteiger partial charge on any atom is -0.328 e. The van der Waals surface area contributed by atoms with Crippen molar-refractivity contribution >= 4 is 24.0 Å². The van der Waals surface area contributed by atoms with Crippen LogP contribution in [0.5, 0.6) is 0 Å². The van der Waals surface area contributed by atoms with E-state index in [-0.39, 0.29) is 12.4 Å². The summed E-state index contributed by atoms with van der Waals surface area (Å²) < 4.78 is 0. The van der Waals surface area contributed by atoms with Crippen molar-refractivity contribution in [2.45, 2.75) is 38.6 Å². The van der Waals surface area contributed by atoms with Gasteiger partial charge in [0.1, 0.15) is 0 Å². The number of halogens is 2. The zero-order valence-electron chi connectivity index (χ0n) is 12.4. The zero-order chi connectivity index (χ0) is 13.8. The summed E-state index contributed by atoms with van der Waals surface area (Å²) in [6.07, 6.45) is 2.55. The summed E-state index contributed by atoms with van der Waals surface area (Å²) in [6.45, 7) is 7.86. The number of rotatable bonds is 4. The van der Waals surface area contributed by atoms with Crippen LogP contribution in [-0.4, -0.2) is 30.6 Å². The van der Waals surface area contributed by atoms with Crippen molar-refractivity contribution < 1.29 is 0 Å². The van der Waals surface area contributed by atoms with Gasteiger partial charge in [-0.25, -0.2) is 0 Å². The summed E-state index contributed by atoms with van der Waals surface area (Å²) in [5.74, 6) is 1.17. The summed E-state index contributed by atoms with van der Waals surface area (Å²) in [4.78, 5) is 2.56. The van der Waals surface area contributed by atoms with Crippen LogP contribution in [0.4, 0.5) is 0 Å². The van der Waals surface area contributed by atoms with Gasteiger partial charge in [0, 0.05) is 24.2 Å². The van der Waals surface area contributed by atoms with E-state index in [4.69, 9.17) is 17.3 Å². The molecule has 2 rings (SSSR count). The molecule has 0 bridgehead atoms. The molecule has 1 heterocycles. The molecular weight excluding hydrogens is 291 g/mol. The van der Waals surface area contributed by atoms with Crippen molar-refractivity contribution in [3.63, 3.8) is 0 Å². The molecule has 114 valence electrons. The SMILES string of the molecule is CC(CN1CCCC(C(C)N)C1)c1cccc(Cl)c1.Cl. The topological polar surface area (TPSA) is 29.3 Å². The second-order valence-electron chi connectivity index (χ2n) is 5.98. The Bertz CT molecular complexity index is 409. The van der Waals surface area contributed by atoms with E-state index >= 15 is 0 Å². The fraction of sp³-hybridized carbons (Fsp3) is 0.625. The van der Waals surface area contributed by atoms with Crippen LogP contribution in [0, 0.1) is 5.92 Å². The Morgan fingerprint density at radius 2 is 2.15 bits per heavy atom. The summed E-state index contributed by atoms with van der Waals surface area (Å²) in [5.41, 5.74) is 7.38. The molecule has 1 aliphatic rings. The van der Waals surface area contributed by atoms with Crippen LogP contribution in [0.1, 0.15) is 38.2 Å². The van der Waals surface area contributed by atoms with Crippen molar-refractivity contribution in [1.29, 1.82) is 0 Å². The first kappa shape index (κ1) is 17.8. The van der Waals surface area contributed by atoms with Gasteiger partial charge in [-0.3, -0.25) is 0 Å². The molecule has 0 spiro atoms. The van der Waals surface area contributed by atoms with Crippen LogP contribution in [0.3, 0.4) is 0 Å². The molecule has 0 aromatic heterocycles. The van der Waals surface area contributed by atoms with E-state index in [1.807, 2.05) is 12.1 Å². The van der Waals surface area contributed by atoms with E-state index in [9.17, 15) is 0 Å². The van der Waals surface area contributed by atoms with Crippen molar-refractivity contribution in [3.05, 3.63) is 34.9 Å². The van der Waals surface area contributed by atoms with E-state index in [1.54, 1.807) is 0 Å². The Morgan fingerprint density at radius 1 is 1.40 bits per heavy atom. The first-order valence-corrected chi connectivity index (χ1v) is 7.67. The van der Waals surface area contributed by atoms with Gasteiger partial charge in [-0.1, -0.05) is 30.7 Å². The van der Waals surface area contributed by atoms with Crippen molar-refractivity contribution in [3.8, 4) is 0 Å². The van der Waals surface area contributed by atoms with Crippen LogP contribution < -0.4 is 5.73 Å². The van der Waals surface area contributed by atoms with Gasteiger partial charge >= 0.3 is 0 Å². The van der Waals surface area contributed by atoms with Crippen LogP contribution in [0.15, 0.2) is 24.3 Å². The fourth-order valence-electron chi connectivity index (χ4n) is 2.99. The highest BCUT2D eigenvalue weighted by Crippen LogP contribution is 2.24. The maximum atomic E-state index is 6.07. The quantitative estimate of drug-likeness (QED) is 0.912. The number of hydrogen-bond acceptors (Lipinski definition) is 2. The largest absolute Gasteiger partial charge is 0.328 e. The Kier molecular flexibility index (Phi) is 7.32. The van der Waals surface area contributed by atoms with Crippen molar-refractivity contribution in [1.82, 2.24) is 4.90 Å². The zero-order valence-corrected chi connectivity index (χ0v) is 14.0. The van der Waals surface area contributed by atoms with Gasteiger partial charge < -0.3 is 10.6 Å². The molecule has 1 aliphatic heterocycles. The Balaban J connectivity index is 0.00000200. The molecule has 4 heteroatoms. The van der Waals surface area contributed by atoms with Crippen molar-refractivity contribution in [2.24, 2.45) is 11.7 Å². The second kappa shape index (κ2) is 8.23. The predicted octanol–water partition coefficient (Wildman–Crippen LogP) is 3.92. The van der Waals surface area contributed by atoms with Gasteiger partial charge in [0.25, 0.3) is 0 Å². The molecule has 3 unspecified atom stereocenters. The van der Waals surface area contributed by atoms with E-state index in [1.165, 1.54) is 24.9 Å². The lowest BCUT2D eigenvalue weighted by atomic mass is 9.91. The lowest BCUT2D eigenvalue weighted by molar-refractivity contribution is 0.155. The highest BCUT2D eigenvalue weighted by Gasteiger charge is 2.23. The van der Waals surface area contributed by atoms with E-state index in [0.29, 0.717) is 17.9 Å². The molecule has 20 heavy (non-hydrogen) atoms. The summed E-state index contributed by atoms with van der Waals surface area (Å²) in [7, 11) is 0. The van der Waals surface area contributed by atoms with Crippen LogP contribution in [0.25, 0.3) is 0 Å². The number of benzene rings is 1. The third-order valence-electron chi connectivity index (χ3n) is 4.24. The van der Waals surface area contributed by atoms with Gasteiger partial charge in [-0.2, -0.15) is 0 Å². The molecule has 1 saturated heterocycles. The van der Waals surface area contributed by atoms with Gasteiger partial charge in [-0.05, 0) is 55.8 Å². The summed E-state index contributed by atoms with van der Waals surface area (Å²) in [6, 6.07) is 8.53. The Hall–Kier alpha value is -0.280. The molecular formula is C16H26Cl2N2. The minimum atomic E-state index is 0. The average Bonchev–Trinajstić information content (AvgIpc) is 2.39. The maximum absolute atomic E-state index is 6.07. The molecule has 0 aliphatic carbocycles. The van der Waals surface area contributed by atoms with Crippen LogP contribution in [-0.2, 0) is 0 Å². The Labute approximate surface area is 134 Å². The molecule has 0 amide bonds. The maximum Gasteiger partial charge on any atom is 0.0408 e. The lowest BCUT2D eigenvalue weighted by Crippen LogP contribution is -2.43. The number of likely N-dealkylation sites (tertiary alicyclic amines) is 1. The molecule has 2 nitrogen and oxygen atoms in total. The van der Waals surface area contributed by atoms with Crippen molar-refractivity contribution in [2.75, 3.05) is 19.6 Å². The minimum absolute atomic E-state index is 0. The monoisotopic (exact) mass is 316 g/mol. The summed E-state index contributed by atoms with van der Waals surface area (Å²) in [5, 5.41) is 0.830. The highest BCUT2D eigenvalue weighted by atomic mass is 35.5. The molecule has 1 aromatic rings. The molecule has 1 aromatic carbocycles. The first-order valence-electron chi connectivity index (χ1n) is 7.29. The molecule has 2 N–H and O–H groups in total. The smallest absolute Gasteiger partial charge is 0.0408 e. The third-order valence-corrected chi connectivity index (χ3v) is 4.47. The molecule has 1 fully saturated rings. The fourth-order valence-corrected chi connectivity index (χ4v) is 3.19. The number of piperidine rings is 1. The first-order chi connectivity index (χ1) is 9.06.